The maximum Gasteiger partial charge on any atom is 0.123 e. The highest BCUT2D eigenvalue weighted by atomic mass is 19.1. The van der Waals surface area contributed by atoms with Gasteiger partial charge in [0.25, 0.3) is 0 Å². The summed E-state index contributed by atoms with van der Waals surface area (Å²) >= 11 is 0. The Labute approximate surface area is 113 Å². The van der Waals surface area contributed by atoms with E-state index in [2.05, 4.69) is 0 Å². The fourth-order valence-corrected chi connectivity index (χ4v) is 2.09. The van der Waals surface area contributed by atoms with Gasteiger partial charge in [0.1, 0.15) is 5.82 Å². The molecule has 2 aromatic carbocycles. The van der Waals surface area contributed by atoms with Crippen molar-refractivity contribution in [1.29, 1.82) is 0 Å². The molecule has 0 aliphatic carbocycles. The quantitative estimate of drug-likeness (QED) is 0.866. The highest BCUT2D eigenvalue weighted by Gasteiger charge is 2.14. The Morgan fingerprint density at radius 3 is 2.16 bits per heavy atom. The van der Waals surface area contributed by atoms with Crippen molar-refractivity contribution in [3.63, 3.8) is 0 Å². The Bertz CT molecular complexity index is 496. The number of hydrogen-bond acceptors (Lipinski definition) is 2. The third-order valence-electron chi connectivity index (χ3n) is 3.33. The van der Waals surface area contributed by atoms with Crippen molar-refractivity contribution in [2.75, 3.05) is 0 Å². The largest absolute Gasteiger partial charge is 0.326 e. The SMILES string of the molecule is NC(CCc1ccc(F)cc1)C(N)c1ccccc1. The zero-order valence-electron chi connectivity index (χ0n) is 10.8. The average Bonchev–Trinajstić information content (AvgIpc) is 2.46. The van der Waals surface area contributed by atoms with Gasteiger partial charge in [-0.25, -0.2) is 4.39 Å². The summed E-state index contributed by atoms with van der Waals surface area (Å²) < 4.78 is 12.8. The Kier molecular flexibility index (Phi) is 4.66. The van der Waals surface area contributed by atoms with Gasteiger partial charge in [-0.15, -0.1) is 0 Å². The van der Waals surface area contributed by atoms with E-state index in [1.54, 1.807) is 12.1 Å². The molecule has 2 aromatic rings. The number of rotatable bonds is 5. The normalized spacial score (nSPS) is 14.1. The lowest BCUT2D eigenvalue weighted by Crippen LogP contribution is -2.34. The fourth-order valence-electron chi connectivity index (χ4n) is 2.09. The minimum absolute atomic E-state index is 0.104. The molecule has 0 aliphatic heterocycles. The first kappa shape index (κ1) is 13.7. The van der Waals surface area contributed by atoms with Gasteiger partial charge < -0.3 is 11.5 Å². The van der Waals surface area contributed by atoms with E-state index in [0.29, 0.717) is 0 Å². The topological polar surface area (TPSA) is 52.0 Å². The summed E-state index contributed by atoms with van der Waals surface area (Å²) in [6, 6.07) is 16.1. The monoisotopic (exact) mass is 258 g/mol. The van der Waals surface area contributed by atoms with E-state index in [4.69, 9.17) is 11.5 Å². The molecule has 0 spiro atoms. The predicted octanol–water partition coefficient (Wildman–Crippen LogP) is 2.79. The van der Waals surface area contributed by atoms with Crippen molar-refractivity contribution in [1.82, 2.24) is 0 Å². The van der Waals surface area contributed by atoms with Gasteiger partial charge in [0.15, 0.2) is 0 Å². The summed E-state index contributed by atoms with van der Waals surface area (Å²) in [5.74, 6) is -0.214. The van der Waals surface area contributed by atoms with Gasteiger partial charge in [0.2, 0.25) is 0 Å². The maximum absolute atomic E-state index is 12.8. The molecule has 2 unspecified atom stereocenters. The minimum atomic E-state index is -0.214. The third kappa shape index (κ3) is 3.88. The smallest absolute Gasteiger partial charge is 0.123 e. The second-order valence-electron chi connectivity index (χ2n) is 4.77. The lowest BCUT2D eigenvalue weighted by Gasteiger charge is -2.20. The van der Waals surface area contributed by atoms with Crippen molar-refractivity contribution in [3.05, 3.63) is 71.5 Å². The Balaban J connectivity index is 1.90. The van der Waals surface area contributed by atoms with Crippen LogP contribution in [0.5, 0.6) is 0 Å². The van der Waals surface area contributed by atoms with E-state index in [-0.39, 0.29) is 17.9 Å². The molecule has 2 atom stereocenters. The summed E-state index contributed by atoms with van der Waals surface area (Å²) in [4.78, 5) is 0. The molecule has 0 saturated carbocycles. The van der Waals surface area contributed by atoms with Crippen LogP contribution in [0.4, 0.5) is 4.39 Å². The lowest BCUT2D eigenvalue weighted by molar-refractivity contribution is 0.512. The average molecular weight is 258 g/mol. The van der Waals surface area contributed by atoms with E-state index in [1.807, 2.05) is 30.3 Å². The van der Waals surface area contributed by atoms with E-state index in [9.17, 15) is 4.39 Å². The molecular weight excluding hydrogens is 239 g/mol. The van der Waals surface area contributed by atoms with E-state index < -0.39 is 0 Å². The van der Waals surface area contributed by atoms with Crippen molar-refractivity contribution < 1.29 is 4.39 Å². The molecule has 0 heterocycles. The van der Waals surface area contributed by atoms with Crippen LogP contribution < -0.4 is 11.5 Å². The maximum atomic E-state index is 12.8. The first-order valence-electron chi connectivity index (χ1n) is 6.47. The Morgan fingerprint density at radius 2 is 1.53 bits per heavy atom. The van der Waals surface area contributed by atoms with Gasteiger partial charge in [-0.1, -0.05) is 42.5 Å². The van der Waals surface area contributed by atoms with Crippen molar-refractivity contribution in [2.24, 2.45) is 11.5 Å². The summed E-state index contributed by atoms with van der Waals surface area (Å²) in [6.07, 6.45) is 1.59. The number of hydrogen-bond donors (Lipinski definition) is 2. The van der Waals surface area contributed by atoms with Crippen LogP contribution >= 0.6 is 0 Å². The first-order valence-corrected chi connectivity index (χ1v) is 6.47. The predicted molar refractivity (Wildman–Crippen MR) is 76.1 cm³/mol. The molecule has 0 radical (unpaired) electrons. The van der Waals surface area contributed by atoms with Crippen LogP contribution in [0.2, 0.25) is 0 Å². The van der Waals surface area contributed by atoms with E-state index >= 15 is 0 Å². The highest BCUT2D eigenvalue weighted by Crippen LogP contribution is 2.16. The van der Waals surface area contributed by atoms with Gasteiger partial charge >= 0.3 is 0 Å². The van der Waals surface area contributed by atoms with Crippen molar-refractivity contribution in [2.45, 2.75) is 24.9 Å². The molecule has 0 saturated heterocycles. The lowest BCUT2D eigenvalue weighted by atomic mass is 9.95. The number of nitrogens with two attached hydrogens (primary N) is 2. The summed E-state index contributed by atoms with van der Waals surface area (Å²) in [5, 5.41) is 0. The molecule has 19 heavy (non-hydrogen) atoms. The molecule has 0 amide bonds. The van der Waals surface area contributed by atoms with Gasteiger partial charge in [0, 0.05) is 12.1 Å². The van der Waals surface area contributed by atoms with Crippen molar-refractivity contribution >= 4 is 0 Å². The van der Waals surface area contributed by atoms with Crippen molar-refractivity contribution in [3.8, 4) is 0 Å². The minimum Gasteiger partial charge on any atom is -0.326 e. The zero-order valence-corrected chi connectivity index (χ0v) is 10.8. The number of benzene rings is 2. The third-order valence-corrected chi connectivity index (χ3v) is 3.33. The number of aryl methyl sites for hydroxylation is 1. The molecule has 0 fully saturated rings. The second-order valence-corrected chi connectivity index (χ2v) is 4.77. The van der Waals surface area contributed by atoms with Gasteiger partial charge in [-0.2, -0.15) is 0 Å². The summed E-state index contributed by atoms with van der Waals surface area (Å²) in [6.45, 7) is 0. The first-order chi connectivity index (χ1) is 9.16. The van der Waals surface area contributed by atoms with Gasteiger partial charge in [0.05, 0.1) is 0 Å². The molecule has 4 N–H and O–H groups in total. The zero-order chi connectivity index (χ0) is 13.7. The molecule has 100 valence electrons. The Hall–Kier alpha value is -1.71. The van der Waals surface area contributed by atoms with Crippen LogP contribution in [0.25, 0.3) is 0 Å². The van der Waals surface area contributed by atoms with Crippen LogP contribution in [-0.2, 0) is 6.42 Å². The molecule has 0 bridgehead atoms. The van der Waals surface area contributed by atoms with E-state index in [1.165, 1.54) is 12.1 Å². The standard InChI is InChI=1S/C16H19FN2/c17-14-9-6-12(7-10-14)8-11-15(18)16(19)13-4-2-1-3-5-13/h1-7,9-10,15-16H,8,11,18-19H2. The van der Waals surface area contributed by atoms with Gasteiger partial charge in [-0.05, 0) is 36.1 Å². The molecular formula is C16H19FN2. The second kappa shape index (κ2) is 6.45. The van der Waals surface area contributed by atoms with Crippen LogP contribution in [0.3, 0.4) is 0 Å². The summed E-state index contributed by atoms with van der Waals surface area (Å²) in [7, 11) is 0. The van der Waals surface area contributed by atoms with Crippen LogP contribution in [-0.4, -0.2) is 6.04 Å². The number of halogens is 1. The van der Waals surface area contributed by atoms with E-state index in [0.717, 1.165) is 24.0 Å². The molecule has 0 aromatic heterocycles. The van der Waals surface area contributed by atoms with Crippen LogP contribution in [0.1, 0.15) is 23.6 Å². The van der Waals surface area contributed by atoms with Crippen LogP contribution in [0, 0.1) is 5.82 Å². The molecule has 0 aliphatic rings. The fraction of sp³-hybridized carbons (Fsp3) is 0.250. The molecule has 2 nitrogen and oxygen atoms in total. The van der Waals surface area contributed by atoms with Gasteiger partial charge in [-0.3, -0.25) is 0 Å². The molecule has 2 rings (SSSR count). The molecule has 3 heteroatoms. The Morgan fingerprint density at radius 1 is 0.895 bits per heavy atom. The van der Waals surface area contributed by atoms with Crippen LogP contribution in [0.15, 0.2) is 54.6 Å². The summed E-state index contributed by atoms with van der Waals surface area (Å²) in [5.41, 5.74) is 14.4. The highest BCUT2D eigenvalue weighted by molar-refractivity contribution is 5.21.